The van der Waals surface area contributed by atoms with Crippen LogP contribution in [0.25, 0.3) is 11.4 Å². The molecular formula is C16H15N5S. The summed E-state index contributed by atoms with van der Waals surface area (Å²) in [5.74, 6) is 1.77. The Bertz CT molecular complexity index is 782. The fourth-order valence-electron chi connectivity index (χ4n) is 2.48. The summed E-state index contributed by atoms with van der Waals surface area (Å²) in [5.41, 5.74) is 3.45. The maximum absolute atomic E-state index is 4.38. The lowest BCUT2D eigenvalue weighted by molar-refractivity contribution is 0.607. The van der Waals surface area contributed by atoms with Crippen molar-refractivity contribution in [3.05, 3.63) is 54.4 Å². The van der Waals surface area contributed by atoms with Crippen molar-refractivity contribution in [2.45, 2.75) is 18.7 Å². The van der Waals surface area contributed by atoms with Gasteiger partial charge in [0.05, 0.1) is 24.4 Å². The summed E-state index contributed by atoms with van der Waals surface area (Å²) < 4.78 is 2.16. The van der Waals surface area contributed by atoms with E-state index in [2.05, 4.69) is 61.9 Å². The molecule has 0 saturated heterocycles. The van der Waals surface area contributed by atoms with Gasteiger partial charge in [-0.1, -0.05) is 41.6 Å². The minimum Gasteiger partial charge on any atom is -0.342 e. The lowest BCUT2D eigenvalue weighted by Crippen LogP contribution is -2.30. The largest absolute Gasteiger partial charge is 0.342 e. The molecule has 0 N–H and O–H groups in total. The van der Waals surface area contributed by atoms with Crippen LogP contribution >= 0.6 is 11.8 Å². The van der Waals surface area contributed by atoms with Crippen molar-refractivity contribution < 1.29 is 0 Å². The van der Waals surface area contributed by atoms with E-state index in [1.807, 2.05) is 12.3 Å². The Morgan fingerprint density at radius 1 is 1.09 bits per heavy atom. The minimum absolute atomic E-state index is 0.740. The molecule has 3 aromatic rings. The molecule has 110 valence electrons. The van der Waals surface area contributed by atoms with E-state index in [4.69, 9.17) is 0 Å². The lowest BCUT2D eigenvalue weighted by Gasteiger charge is -2.29. The molecule has 1 aliphatic heterocycles. The highest BCUT2D eigenvalue weighted by Crippen LogP contribution is 2.31. The van der Waals surface area contributed by atoms with Crippen LogP contribution in [0.4, 0.5) is 5.69 Å². The van der Waals surface area contributed by atoms with Crippen LogP contribution in [0.3, 0.4) is 0 Å². The first-order valence-corrected chi connectivity index (χ1v) is 8.08. The van der Waals surface area contributed by atoms with Crippen molar-refractivity contribution in [2.24, 2.45) is 0 Å². The lowest BCUT2D eigenvalue weighted by atomic mass is 10.1. The van der Waals surface area contributed by atoms with Gasteiger partial charge in [0.2, 0.25) is 0 Å². The van der Waals surface area contributed by atoms with Gasteiger partial charge in [-0.2, -0.15) is 0 Å². The number of benzene rings is 1. The van der Waals surface area contributed by atoms with E-state index < -0.39 is 0 Å². The summed E-state index contributed by atoms with van der Waals surface area (Å²) in [7, 11) is 0. The van der Waals surface area contributed by atoms with Crippen LogP contribution in [0.15, 0.2) is 53.9 Å². The average molecular weight is 309 g/mol. The first-order valence-electron chi connectivity index (χ1n) is 7.09. The number of aromatic nitrogens is 4. The van der Waals surface area contributed by atoms with Crippen molar-refractivity contribution >= 4 is 17.4 Å². The molecule has 5 nitrogen and oxygen atoms in total. The summed E-state index contributed by atoms with van der Waals surface area (Å²) in [6, 6.07) is 12.4. The highest BCUT2D eigenvalue weighted by Gasteiger charge is 2.22. The molecule has 0 amide bonds. The second-order valence-corrected chi connectivity index (χ2v) is 6.18. The first kappa shape index (κ1) is 13.3. The summed E-state index contributed by atoms with van der Waals surface area (Å²) in [5, 5.41) is 9.66. The van der Waals surface area contributed by atoms with Gasteiger partial charge in [0, 0.05) is 11.8 Å². The summed E-state index contributed by atoms with van der Waals surface area (Å²) >= 11 is 1.70. The second-order valence-electron chi connectivity index (χ2n) is 5.27. The average Bonchev–Trinajstić information content (AvgIpc) is 2.99. The van der Waals surface area contributed by atoms with Crippen LogP contribution in [-0.4, -0.2) is 25.6 Å². The maximum atomic E-state index is 4.38. The molecule has 1 aromatic carbocycles. The van der Waals surface area contributed by atoms with E-state index in [1.165, 1.54) is 5.56 Å². The Kier molecular flexibility index (Phi) is 3.31. The van der Waals surface area contributed by atoms with Gasteiger partial charge in [-0.15, -0.1) is 10.2 Å². The van der Waals surface area contributed by atoms with Gasteiger partial charge in [0.1, 0.15) is 0 Å². The van der Waals surface area contributed by atoms with E-state index in [0.717, 1.165) is 34.8 Å². The molecule has 0 spiro atoms. The summed E-state index contributed by atoms with van der Waals surface area (Å²) in [6.07, 6.45) is 3.68. The van der Waals surface area contributed by atoms with Gasteiger partial charge in [-0.05, 0) is 19.1 Å². The van der Waals surface area contributed by atoms with Gasteiger partial charge in [-0.25, -0.2) is 0 Å². The van der Waals surface area contributed by atoms with Gasteiger partial charge in [0.15, 0.2) is 11.0 Å². The number of fused-ring (bicyclic) bond motifs is 1. The molecule has 2 aromatic heterocycles. The quantitative estimate of drug-likeness (QED) is 0.727. The van der Waals surface area contributed by atoms with Crippen LogP contribution in [0.5, 0.6) is 0 Å². The number of thioether (sulfide) groups is 1. The van der Waals surface area contributed by atoms with E-state index in [0.29, 0.717) is 0 Å². The number of anilines is 1. The van der Waals surface area contributed by atoms with E-state index in [1.54, 1.807) is 18.0 Å². The fraction of sp³-hybridized carbons (Fsp3) is 0.188. The summed E-state index contributed by atoms with van der Waals surface area (Å²) in [4.78, 5) is 6.47. The van der Waals surface area contributed by atoms with E-state index in [-0.39, 0.29) is 0 Å². The molecule has 0 saturated carbocycles. The Labute approximate surface area is 133 Å². The molecule has 0 fully saturated rings. The highest BCUT2D eigenvalue weighted by atomic mass is 32.2. The predicted molar refractivity (Wildman–Crippen MR) is 87.6 cm³/mol. The molecule has 0 atom stereocenters. The standard InChI is InChI=1S/C16H15N5S/c1-12-4-6-13(7-5-12)15-18-19-16-21(15)10-20(11-22-16)14-3-2-8-17-9-14/h2-9H,10-11H2,1H3. The smallest absolute Gasteiger partial charge is 0.194 e. The third kappa shape index (κ3) is 2.35. The number of pyridine rings is 1. The van der Waals surface area contributed by atoms with E-state index >= 15 is 0 Å². The van der Waals surface area contributed by atoms with Gasteiger partial charge in [0.25, 0.3) is 0 Å². The molecule has 3 heterocycles. The van der Waals surface area contributed by atoms with Crippen molar-refractivity contribution in [1.82, 2.24) is 19.7 Å². The topological polar surface area (TPSA) is 46.8 Å². The van der Waals surface area contributed by atoms with Crippen molar-refractivity contribution in [3.63, 3.8) is 0 Å². The minimum atomic E-state index is 0.740. The Hall–Kier alpha value is -2.34. The summed E-state index contributed by atoms with van der Waals surface area (Å²) in [6.45, 7) is 2.83. The molecular weight excluding hydrogens is 294 g/mol. The van der Waals surface area contributed by atoms with Crippen molar-refractivity contribution in [1.29, 1.82) is 0 Å². The van der Waals surface area contributed by atoms with Crippen LogP contribution in [0, 0.1) is 6.92 Å². The zero-order valence-electron chi connectivity index (χ0n) is 12.2. The second kappa shape index (κ2) is 5.46. The van der Waals surface area contributed by atoms with Crippen LogP contribution in [0.1, 0.15) is 5.56 Å². The molecule has 0 aliphatic carbocycles. The zero-order valence-corrected chi connectivity index (χ0v) is 13.0. The molecule has 1 aliphatic rings. The van der Waals surface area contributed by atoms with Crippen LogP contribution in [0.2, 0.25) is 0 Å². The first-order chi connectivity index (χ1) is 10.8. The Morgan fingerprint density at radius 2 is 1.95 bits per heavy atom. The number of hydrogen-bond donors (Lipinski definition) is 0. The third-order valence-corrected chi connectivity index (χ3v) is 4.70. The Morgan fingerprint density at radius 3 is 2.73 bits per heavy atom. The maximum Gasteiger partial charge on any atom is 0.194 e. The molecule has 0 radical (unpaired) electrons. The molecule has 4 rings (SSSR count). The number of nitrogens with zero attached hydrogens (tertiary/aromatic N) is 5. The van der Waals surface area contributed by atoms with Gasteiger partial charge in [-0.3, -0.25) is 9.55 Å². The normalized spacial score (nSPS) is 14.0. The predicted octanol–water partition coefficient (Wildman–Crippen LogP) is 3.18. The SMILES string of the molecule is Cc1ccc(-c2nnc3n2CN(c2cccnc2)CS3)cc1. The van der Waals surface area contributed by atoms with Gasteiger partial charge < -0.3 is 4.90 Å². The zero-order chi connectivity index (χ0) is 14.9. The van der Waals surface area contributed by atoms with Gasteiger partial charge >= 0.3 is 0 Å². The number of hydrogen-bond acceptors (Lipinski definition) is 5. The Balaban J connectivity index is 1.69. The molecule has 0 bridgehead atoms. The molecule has 6 heteroatoms. The monoisotopic (exact) mass is 309 g/mol. The van der Waals surface area contributed by atoms with Crippen LogP contribution in [-0.2, 0) is 6.67 Å². The third-order valence-electron chi connectivity index (χ3n) is 3.70. The van der Waals surface area contributed by atoms with E-state index in [9.17, 15) is 0 Å². The fourth-order valence-corrected chi connectivity index (χ4v) is 3.38. The number of aryl methyl sites for hydroxylation is 1. The van der Waals surface area contributed by atoms with Crippen molar-refractivity contribution in [2.75, 3.05) is 10.8 Å². The molecule has 0 unspecified atom stereocenters. The van der Waals surface area contributed by atoms with Crippen LogP contribution < -0.4 is 4.90 Å². The highest BCUT2D eigenvalue weighted by molar-refractivity contribution is 7.99. The van der Waals surface area contributed by atoms with Crippen molar-refractivity contribution in [3.8, 4) is 11.4 Å². The molecule has 22 heavy (non-hydrogen) atoms. The number of rotatable bonds is 2.